The van der Waals surface area contributed by atoms with Crippen LogP contribution in [0.3, 0.4) is 0 Å². The maximum atomic E-state index is 13.5. The first-order valence-electron chi connectivity index (χ1n) is 10.6. The molecule has 0 aliphatic carbocycles. The molecule has 5 nitrogen and oxygen atoms in total. The summed E-state index contributed by atoms with van der Waals surface area (Å²) in [6.45, 7) is 2.55. The van der Waals surface area contributed by atoms with Gasteiger partial charge in [-0.25, -0.2) is 8.42 Å². The fourth-order valence-electron chi connectivity index (χ4n) is 4.11. The van der Waals surface area contributed by atoms with E-state index in [0.29, 0.717) is 18.0 Å². The molecular formula is C24H25ClN2O3S2. The summed E-state index contributed by atoms with van der Waals surface area (Å²) in [6.07, 6.45) is 1.39. The predicted octanol–water partition coefficient (Wildman–Crippen LogP) is 4.98. The lowest BCUT2D eigenvalue weighted by molar-refractivity contribution is -0.133. The number of amides is 1. The molecular weight excluding hydrogens is 464 g/mol. The zero-order valence-electron chi connectivity index (χ0n) is 17.8. The largest absolute Gasteiger partial charge is 0.330 e. The van der Waals surface area contributed by atoms with Crippen molar-refractivity contribution >= 4 is 38.9 Å². The summed E-state index contributed by atoms with van der Waals surface area (Å²) in [6, 6.07) is 17.6. The van der Waals surface area contributed by atoms with Gasteiger partial charge in [-0.1, -0.05) is 48.9 Å². The molecule has 1 atom stereocenters. The molecule has 3 aromatic rings. The molecule has 1 aromatic heterocycles. The van der Waals surface area contributed by atoms with Gasteiger partial charge in [0.2, 0.25) is 15.9 Å². The molecule has 1 amide bonds. The van der Waals surface area contributed by atoms with Gasteiger partial charge in [0.1, 0.15) is 0 Å². The number of benzene rings is 2. The van der Waals surface area contributed by atoms with Crippen LogP contribution in [-0.2, 0) is 21.2 Å². The van der Waals surface area contributed by atoms with Gasteiger partial charge in [-0.2, -0.15) is 4.31 Å². The molecule has 2 aromatic carbocycles. The number of carbonyl (C=O) groups excluding carboxylic acids is 1. The molecule has 0 bridgehead atoms. The van der Waals surface area contributed by atoms with E-state index in [1.165, 1.54) is 9.18 Å². The molecule has 1 unspecified atom stereocenters. The van der Waals surface area contributed by atoms with Crippen LogP contribution >= 0.6 is 22.9 Å². The number of nitrogens with zero attached hydrogens (tertiary/aromatic N) is 2. The lowest BCUT2D eigenvalue weighted by Gasteiger charge is -2.37. The molecule has 0 saturated carbocycles. The fourth-order valence-corrected chi connectivity index (χ4v) is 6.64. The summed E-state index contributed by atoms with van der Waals surface area (Å²) in [7, 11) is -3.76. The van der Waals surface area contributed by atoms with Crippen LogP contribution in [0.4, 0.5) is 0 Å². The first-order chi connectivity index (χ1) is 15.4. The number of thiophene rings is 1. The summed E-state index contributed by atoms with van der Waals surface area (Å²) < 4.78 is 27.8. The molecule has 8 heteroatoms. The van der Waals surface area contributed by atoms with E-state index in [4.69, 9.17) is 11.6 Å². The second-order valence-corrected chi connectivity index (χ2v) is 11.1. The van der Waals surface area contributed by atoms with Gasteiger partial charge in [-0.15, -0.1) is 11.3 Å². The van der Waals surface area contributed by atoms with Crippen molar-refractivity contribution in [3.05, 3.63) is 87.1 Å². The van der Waals surface area contributed by atoms with E-state index in [0.717, 1.165) is 17.5 Å². The second-order valence-electron chi connectivity index (χ2n) is 7.74. The SMILES string of the molecule is CCCN(CC(=O)N1CCc2sccc2C1c1ccc(Cl)cc1)S(=O)(=O)c1ccccc1. The average molecular weight is 489 g/mol. The average Bonchev–Trinajstić information content (AvgIpc) is 3.28. The molecule has 4 rings (SSSR count). The molecule has 32 heavy (non-hydrogen) atoms. The van der Waals surface area contributed by atoms with Crippen molar-refractivity contribution in [2.45, 2.75) is 30.7 Å². The van der Waals surface area contributed by atoms with Crippen molar-refractivity contribution in [1.29, 1.82) is 0 Å². The van der Waals surface area contributed by atoms with Crippen molar-refractivity contribution < 1.29 is 13.2 Å². The highest BCUT2D eigenvalue weighted by Gasteiger charge is 2.35. The number of halogens is 1. The Morgan fingerprint density at radius 3 is 2.53 bits per heavy atom. The second kappa shape index (κ2) is 9.75. The zero-order valence-corrected chi connectivity index (χ0v) is 20.2. The third-order valence-electron chi connectivity index (χ3n) is 5.64. The molecule has 168 valence electrons. The van der Waals surface area contributed by atoms with E-state index >= 15 is 0 Å². The number of fused-ring (bicyclic) bond motifs is 1. The Bertz CT molecular complexity index is 1180. The molecule has 0 saturated heterocycles. The van der Waals surface area contributed by atoms with E-state index in [9.17, 15) is 13.2 Å². The Kier molecular flexibility index (Phi) is 7.00. The molecule has 2 heterocycles. The van der Waals surface area contributed by atoms with Crippen LogP contribution in [0.5, 0.6) is 0 Å². The minimum Gasteiger partial charge on any atom is -0.330 e. The van der Waals surface area contributed by atoms with Gasteiger partial charge in [-0.05, 0) is 59.7 Å². The number of sulfonamides is 1. The highest BCUT2D eigenvalue weighted by atomic mass is 35.5. The smallest absolute Gasteiger partial charge is 0.243 e. The molecule has 0 N–H and O–H groups in total. The van der Waals surface area contributed by atoms with Crippen LogP contribution < -0.4 is 0 Å². The van der Waals surface area contributed by atoms with E-state index in [2.05, 4.69) is 6.07 Å². The van der Waals surface area contributed by atoms with Gasteiger partial charge in [0.25, 0.3) is 0 Å². The minimum atomic E-state index is -3.76. The lowest BCUT2D eigenvalue weighted by Crippen LogP contribution is -2.46. The van der Waals surface area contributed by atoms with Gasteiger partial charge in [0.15, 0.2) is 0 Å². The summed E-state index contributed by atoms with van der Waals surface area (Å²) in [5.74, 6) is -0.199. The highest BCUT2D eigenvalue weighted by Crippen LogP contribution is 2.38. The maximum Gasteiger partial charge on any atom is 0.243 e. The third kappa shape index (κ3) is 4.62. The number of carbonyl (C=O) groups is 1. The van der Waals surface area contributed by atoms with Gasteiger partial charge >= 0.3 is 0 Å². The highest BCUT2D eigenvalue weighted by molar-refractivity contribution is 7.89. The quantitative estimate of drug-likeness (QED) is 0.471. The van der Waals surface area contributed by atoms with Crippen LogP contribution in [-0.4, -0.2) is 43.2 Å². The van der Waals surface area contributed by atoms with E-state index in [1.54, 1.807) is 41.7 Å². The Balaban J connectivity index is 1.65. The van der Waals surface area contributed by atoms with E-state index < -0.39 is 10.0 Å². The first-order valence-corrected chi connectivity index (χ1v) is 13.3. The maximum absolute atomic E-state index is 13.5. The van der Waals surface area contributed by atoms with Crippen LogP contribution in [0, 0.1) is 0 Å². The van der Waals surface area contributed by atoms with Crippen molar-refractivity contribution in [2.75, 3.05) is 19.6 Å². The summed E-state index contributed by atoms with van der Waals surface area (Å²) >= 11 is 7.78. The van der Waals surface area contributed by atoms with Gasteiger partial charge in [-0.3, -0.25) is 4.79 Å². The predicted molar refractivity (Wildman–Crippen MR) is 129 cm³/mol. The Morgan fingerprint density at radius 1 is 1.12 bits per heavy atom. The topological polar surface area (TPSA) is 57.7 Å². The molecule has 0 radical (unpaired) electrons. The summed E-state index contributed by atoms with van der Waals surface area (Å²) in [5.41, 5.74) is 2.07. The molecule has 0 fully saturated rings. The van der Waals surface area contributed by atoms with Crippen molar-refractivity contribution in [3.8, 4) is 0 Å². The number of hydrogen-bond donors (Lipinski definition) is 0. The minimum absolute atomic E-state index is 0.186. The van der Waals surface area contributed by atoms with Gasteiger partial charge in [0, 0.05) is 23.0 Å². The van der Waals surface area contributed by atoms with Crippen molar-refractivity contribution in [1.82, 2.24) is 9.21 Å². The molecule has 1 aliphatic heterocycles. The standard InChI is InChI=1S/C24H25ClN2O3S2/c1-2-14-26(32(29,30)20-6-4-3-5-7-20)17-23(28)27-15-12-22-21(13-16-31-22)24(27)18-8-10-19(25)11-9-18/h3-11,13,16,24H,2,12,14-15,17H2,1H3. The van der Waals surface area contributed by atoms with Crippen LogP contribution in [0.2, 0.25) is 5.02 Å². The number of hydrogen-bond acceptors (Lipinski definition) is 4. The van der Waals surface area contributed by atoms with Gasteiger partial charge in [0.05, 0.1) is 17.5 Å². The van der Waals surface area contributed by atoms with Gasteiger partial charge < -0.3 is 4.90 Å². The Labute approximate surface area is 198 Å². The van der Waals surface area contributed by atoms with Crippen LogP contribution in [0.25, 0.3) is 0 Å². The molecule has 0 spiro atoms. The van der Waals surface area contributed by atoms with Crippen LogP contribution in [0.1, 0.15) is 35.4 Å². The Hall–Kier alpha value is -2.19. The summed E-state index contributed by atoms with van der Waals surface area (Å²) in [5, 5.41) is 2.68. The van der Waals surface area contributed by atoms with E-state index in [1.807, 2.05) is 41.5 Å². The normalized spacial score (nSPS) is 16.2. The lowest BCUT2D eigenvalue weighted by atomic mass is 9.93. The van der Waals surface area contributed by atoms with Crippen LogP contribution in [0.15, 0.2) is 70.9 Å². The van der Waals surface area contributed by atoms with Crippen molar-refractivity contribution in [2.24, 2.45) is 0 Å². The fraction of sp³-hybridized carbons (Fsp3) is 0.292. The third-order valence-corrected chi connectivity index (χ3v) is 8.75. The summed E-state index contributed by atoms with van der Waals surface area (Å²) in [4.78, 5) is 16.8. The zero-order chi connectivity index (χ0) is 22.7. The first kappa shape index (κ1) is 23.0. The number of rotatable bonds is 7. The van der Waals surface area contributed by atoms with E-state index in [-0.39, 0.29) is 29.9 Å². The monoisotopic (exact) mass is 488 g/mol. The van der Waals surface area contributed by atoms with Crippen molar-refractivity contribution in [3.63, 3.8) is 0 Å². The molecule has 1 aliphatic rings. The Morgan fingerprint density at radius 2 is 1.84 bits per heavy atom.